The lowest BCUT2D eigenvalue weighted by molar-refractivity contribution is -0.122. The molecular weight excluding hydrogens is 292 g/mol. The molecule has 5 atom stereocenters. The molecule has 0 amide bonds. The van der Waals surface area contributed by atoms with Crippen LogP contribution in [0.15, 0.2) is 18.2 Å². The Morgan fingerprint density at radius 2 is 1.96 bits per heavy atom. The van der Waals surface area contributed by atoms with Crippen LogP contribution in [0.4, 0.5) is 0 Å². The maximum Gasteiger partial charge on any atom is 0.290 e. The van der Waals surface area contributed by atoms with Gasteiger partial charge in [-0.15, -0.1) is 0 Å². The Labute approximate surface area is 137 Å². The molecule has 0 bridgehead atoms. The molecule has 2 saturated carbocycles. The van der Waals surface area contributed by atoms with E-state index in [0.29, 0.717) is 17.6 Å². The molecular formula is C19H26O4. The third-order valence-corrected chi connectivity index (χ3v) is 6.66. The zero-order chi connectivity index (χ0) is 16.6. The van der Waals surface area contributed by atoms with Gasteiger partial charge in [-0.3, -0.25) is 4.79 Å². The van der Waals surface area contributed by atoms with Crippen molar-refractivity contribution >= 4 is 6.47 Å². The van der Waals surface area contributed by atoms with Gasteiger partial charge in [-0.25, -0.2) is 0 Å². The molecule has 0 spiro atoms. The number of benzene rings is 1. The Hall–Kier alpha value is -1.55. The highest BCUT2D eigenvalue weighted by atomic mass is 16.3. The maximum atomic E-state index is 10.4. The van der Waals surface area contributed by atoms with Crippen molar-refractivity contribution in [1.82, 2.24) is 0 Å². The molecule has 0 saturated heterocycles. The van der Waals surface area contributed by atoms with Crippen molar-refractivity contribution in [1.29, 1.82) is 0 Å². The second kappa shape index (κ2) is 6.16. The second-order valence-corrected chi connectivity index (χ2v) is 7.54. The summed E-state index contributed by atoms with van der Waals surface area (Å²) in [6.45, 7) is 2.07. The third-order valence-electron chi connectivity index (χ3n) is 6.66. The SMILES string of the molecule is C[C@]12CC[C@@H]3c4ccc(O)cc4CC[C@H]3[C@@H]1CC[C@@H]2O.O=CO. The summed E-state index contributed by atoms with van der Waals surface area (Å²) in [6.07, 6.45) is 6.78. The molecule has 1 aromatic rings. The minimum atomic E-state index is -0.250. The molecule has 0 radical (unpaired) electrons. The summed E-state index contributed by atoms with van der Waals surface area (Å²) in [5.41, 5.74) is 2.99. The van der Waals surface area contributed by atoms with Crippen molar-refractivity contribution in [2.45, 2.75) is 57.5 Å². The van der Waals surface area contributed by atoms with E-state index in [0.717, 1.165) is 25.2 Å². The summed E-state index contributed by atoms with van der Waals surface area (Å²) in [5.74, 6) is 2.49. The smallest absolute Gasteiger partial charge is 0.290 e. The molecule has 2 fully saturated rings. The van der Waals surface area contributed by atoms with Crippen molar-refractivity contribution in [2.75, 3.05) is 0 Å². The van der Waals surface area contributed by atoms with E-state index in [-0.39, 0.29) is 18.0 Å². The predicted molar refractivity (Wildman–Crippen MR) is 87.4 cm³/mol. The van der Waals surface area contributed by atoms with Crippen LogP contribution in [0.5, 0.6) is 5.75 Å². The van der Waals surface area contributed by atoms with Crippen LogP contribution in [0.25, 0.3) is 0 Å². The van der Waals surface area contributed by atoms with Crippen LogP contribution in [0.2, 0.25) is 0 Å². The lowest BCUT2D eigenvalue weighted by Gasteiger charge is -2.50. The first-order chi connectivity index (χ1) is 11.0. The summed E-state index contributed by atoms with van der Waals surface area (Å²) in [4.78, 5) is 8.36. The average molecular weight is 318 g/mol. The molecule has 0 aliphatic heterocycles. The number of hydrogen-bond donors (Lipinski definition) is 3. The average Bonchev–Trinajstić information content (AvgIpc) is 2.83. The normalized spacial score (nSPS) is 37.7. The molecule has 4 heteroatoms. The van der Waals surface area contributed by atoms with Gasteiger partial charge in [0.1, 0.15) is 5.75 Å². The van der Waals surface area contributed by atoms with Crippen LogP contribution >= 0.6 is 0 Å². The molecule has 4 nitrogen and oxygen atoms in total. The topological polar surface area (TPSA) is 77.8 Å². The van der Waals surface area contributed by atoms with Crippen molar-refractivity contribution < 1.29 is 20.1 Å². The van der Waals surface area contributed by atoms with Crippen LogP contribution < -0.4 is 0 Å². The number of aryl methyl sites for hydroxylation is 1. The van der Waals surface area contributed by atoms with Gasteiger partial charge in [0.05, 0.1) is 6.10 Å². The highest BCUT2D eigenvalue weighted by Gasteiger charge is 2.54. The van der Waals surface area contributed by atoms with Gasteiger partial charge in [0.15, 0.2) is 0 Å². The quantitative estimate of drug-likeness (QED) is 0.641. The second-order valence-electron chi connectivity index (χ2n) is 7.54. The summed E-state index contributed by atoms with van der Waals surface area (Å²) in [7, 11) is 0. The first kappa shape index (κ1) is 16.3. The van der Waals surface area contributed by atoms with Gasteiger partial charge in [0, 0.05) is 0 Å². The minimum absolute atomic E-state index is 0.0883. The van der Waals surface area contributed by atoms with Gasteiger partial charge >= 0.3 is 0 Å². The van der Waals surface area contributed by atoms with Crippen molar-refractivity contribution in [3.8, 4) is 5.75 Å². The fourth-order valence-electron chi connectivity index (χ4n) is 5.54. The number of phenols is 1. The number of carboxylic acid groups (broad SMARTS) is 1. The fourth-order valence-corrected chi connectivity index (χ4v) is 5.54. The Morgan fingerprint density at radius 1 is 1.22 bits per heavy atom. The van der Waals surface area contributed by atoms with E-state index in [2.05, 4.69) is 13.0 Å². The van der Waals surface area contributed by atoms with Crippen LogP contribution in [-0.2, 0) is 11.2 Å². The zero-order valence-electron chi connectivity index (χ0n) is 13.6. The molecule has 1 aromatic carbocycles. The van der Waals surface area contributed by atoms with Gasteiger partial charge < -0.3 is 15.3 Å². The van der Waals surface area contributed by atoms with E-state index < -0.39 is 0 Å². The van der Waals surface area contributed by atoms with E-state index >= 15 is 0 Å². The van der Waals surface area contributed by atoms with Crippen molar-refractivity contribution in [3.05, 3.63) is 29.3 Å². The summed E-state index contributed by atoms with van der Waals surface area (Å²) in [6, 6.07) is 5.96. The minimum Gasteiger partial charge on any atom is -0.508 e. The van der Waals surface area contributed by atoms with Gasteiger partial charge in [-0.1, -0.05) is 13.0 Å². The lowest BCUT2D eigenvalue weighted by Crippen LogP contribution is -2.43. The van der Waals surface area contributed by atoms with Gasteiger partial charge in [0.2, 0.25) is 0 Å². The Kier molecular flexibility index (Phi) is 4.37. The van der Waals surface area contributed by atoms with Crippen molar-refractivity contribution in [2.24, 2.45) is 17.3 Å². The van der Waals surface area contributed by atoms with E-state index in [1.165, 1.54) is 30.4 Å². The van der Waals surface area contributed by atoms with Gasteiger partial charge in [0.25, 0.3) is 6.47 Å². The van der Waals surface area contributed by atoms with E-state index in [1.807, 2.05) is 12.1 Å². The molecule has 0 heterocycles. The summed E-state index contributed by atoms with van der Waals surface area (Å²) >= 11 is 0. The van der Waals surface area contributed by atoms with E-state index in [1.54, 1.807) is 0 Å². The van der Waals surface area contributed by atoms with Crippen LogP contribution in [0.3, 0.4) is 0 Å². The molecule has 0 aromatic heterocycles. The van der Waals surface area contributed by atoms with Crippen LogP contribution in [-0.4, -0.2) is 27.9 Å². The molecule has 23 heavy (non-hydrogen) atoms. The Balaban J connectivity index is 0.000000485. The molecule has 3 N–H and O–H groups in total. The Morgan fingerprint density at radius 3 is 2.70 bits per heavy atom. The number of phenolic OH excluding ortho intramolecular Hbond substituents is 1. The van der Waals surface area contributed by atoms with Gasteiger partial charge in [-0.2, -0.15) is 0 Å². The van der Waals surface area contributed by atoms with Gasteiger partial charge in [-0.05, 0) is 85.0 Å². The molecule has 0 unspecified atom stereocenters. The third kappa shape index (κ3) is 2.63. The number of fused-ring (bicyclic) bond motifs is 5. The summed E-state index contributed by atoms with van der Waals surface area (Å²) < 4.78 is 0. The molecule has 4 rings (SSSR count). The first-order valence-corrected chi connectivity index (χ1v) is 8.59. The first-order valence-electron chi connectivity index (χ1n) is 8.59. The van der Waals surface area contributed by atoms with Crippen molar-refractivity contribution in [3.63, 3.8) is 0 Å². The standard InChI is InChI=1S/C18H24O2.CH2O2/c1-18-9-8-14-13-5-3-12(19)10-11(13)2-4-15(14)16(18)6-7-17(18)20;2-1-3/h3,5,10,14-17,19-20H,2,4,6-9H2,1H3;1H,(H,2,3)/t14-,15-,16+,17+,18+;/m1./s1. The number of hydrogen-bond acceptors (Lipinski definition) is 3. The predicted octanol–water partition coefficient (Wildman–Crippen LogP) is 3.31. The molecule has 3 aliphatic rings. The number of aliphatic hydroxyl groups is 1. The number of aromatic hydroxyl groups is 1. The van der Waals surface area contributed by atoms with Crippen LogP contribution in [0.1, 0.15) is 56.1 Å². The van der Waals surface area contributed by atoms with Crippen LogP contribution in [0, 0.1) is 17.3 Å². The van der Waals surface area contributed by atoms with E-state index in [9.17, 15) is 10.2 Å². The maximum absolute atomic E-state index is 10.4. The lowest BCUT2D eigenvalue weighted by atomic mass is 9.55. The molecule has 126 valence electrons. The monoisotopic (exact) mass is 318 g/mol. The number of aliphatic hydroxyl groups excluding tert-OH is 1. The van der Waals surface area contributed by atoms with E-state index in [4.69, 9.17) is 9.90 Å². The number of carbonyl (C=O) groups is 1. The number of rotatable bonds is 0. The summed E-state index contributed by atoms with van der Waals surface area (Å²) in [5, 5.41) is 26.9. The zero-order valence-corrected chi connectivity index (χ0v) is 13.6. The largest absolute Gasteiger partial charge is 0.508 e. The highest BCUT2D eigenvalue weighted by molar-refractivity contribution is 5.40. The Bertz CT molecular complexity index is 585. The highest BCUT2D eigenvalue weighted by Crippen LogP contribution is 2.60. The fraction of sp³-hybridized carbons (Fsp3) is 0.632. The molecule has 3 aliphatic carbocycles.